The van der Waals surface area contributed by atoms with Crippen molar-refractivity contribution in [3.05, 3.63) is 29.2 Å². The van der Waals surface area contributed by atoms with Gasteiger partial charge in [0.25, 0.3) is 0 Å². The molecule has 48 valence electrons. The topological polar surface area (TPSA) is 64.4 Å². The third kappa shape index (κ3) is 1.14. The van der Waals surface area contributed by atoms with E-state index in [-0.39, 0.29) is 0 Å². The van der Waals surface area contributed by atoms with Crippen LogP contribution in [0.25, 0.3) is 4.98 Å². The van der Waals surface area contributed by atoms with Gasteiger partial charge in [0.05, 0.1) is 5.69 Å². The number of hydrogen-bond acceptors (Lipinski definition) is 3. The van der Waals surface area contributed by atoms with Gasteiger partial charge in [-0.2, -0.15) is 5.11 Å². The monoisotopic (exact) mass is 133 g/mol. The molecule has 0 aliphatic rings. The van der Waals surface area contributed by atoms with Gasteiger partial charge in [0.2, 0.25) is 5.39 Å². The summed E-state index contributed by atoms with van der Waals surface area (Å²) in [6, 6.07) is 6.35. The minimum absolute atomic E-state index is 0.465. The van der Waals surface area contributed by atoms with E-state index in [1.807, 2.05) is 0 Å². The largest absolute Gasteiger partial charge is 0.385 e. The molecular weight excluding hydrogens is 128 g/mol. The van der Waals surface area contributed by atoms with E-state index in [1.54, 1.807) is 24.3 Å². The van der Waals surface area contributed by atoms with E-state index in [0.29, 0.717) is 11.4 Å². The Bertz CT molecular complexity index is 269. The zero-order chi connectivity index (χ0) is 7.40. The number of diazo groups is 1. The van der Waals surface area contributed by atoms with Crippen LogP contribution in [0.3, 0.4) is 0 Å². The summed E-state index contributed by atoms with van der Waals surface area (Å²) in [5, 5.41) is 11.4. The van der Waals surface area contributed by atoms with Crippen LogP contribution in [0.5, 0.6) is 0 Å². The van der Waals surface area contributed by atoms with Crippen LogP contribution in [0.1, 0.15) is 0 Å². The molecule has 4 heteroatoms. The summed E-state index contributed by atoms with van der Waals surface area (Å²) in [6.07, 6.45) is 0. The smallest absolute Gasteiger partial charge is 0.204 e. The zero-order valence-electron chi connectivity index (χ0n) is 5.15. The second-order valence-electron chi connectivity index (χ2n) is 1.73. The highest BCUT2D eigenvalue weighted by Crippen LogP contribution is 2.17. The van der Waals surface area contributed by atoms with Crippen LogP contribution in [0.2, 0.25) is 0 Å². The van der Waals surface area contributed by atoms with Crippen molar-refractivity contribution in [2.45, 2.75) is 0 Å². The Morgan fingerprint density at radius 1 is 1.30 bits per heavy atom. The summed E-state index contributed by atoms with van der Waals surface area (Å²) in [5.74, 6) is 0. The standard InChI is InChI=1S/C6H5N4/c7-9-5-1-2-6(10-8)4-3-5/h1-4,7H/q+1. The minimum atomic E-state index is 0.465. The molecule has 0 atom stereocenters. The predicted octanol–water partition coefficient (Wildman–Crippen LogP) is 2.83. The molecule has 1 rings (SSSR count). The fourth-order valence-electron chi connectivity index (χ4n) is 0.594. The van der Waals surface area contributed by atoms with Gasteiger partial charge in [0.15, 0.2) is 4.98 Å². The Hall–Kier alpha value is -1.76. The first-order chi connectivity index (χ1) is 4.86. The summed E-state index contributed by atoms with van der Waals surface area (Å²) in [4.78, 5) is 2.94. The molecule has 0 amide bonds. The molecule has 1 aromatic rings. The van der Waals surface area contributed by atoms with Crippen molar-refractivity contribution >= 4 is 11.4 Å². The van der Waals surface area contributed by atoms with Crippen molar-refractivity contribution in [1.29, 1.82) is 10.9 Å². The van der Waals surface area contributed by atoms with Crippen LogP contribution in [-0.4, -0.2) is 0 Å². The number of benzene rings is 1. The maximum Gasteiger partial charge on any atom is 0.385 e. The van der Waals surface area contributed by atoms with E-state index in [1.165, 1.54) is 0 Å². The third-order valence-corrected chi connectivity index (χ3v) is 1.09. The van der Waals surface area contributed by atoms with Gasteiger partial charge in [-0.25, -0.2) is 5.53 Å². The first-order valence-electron chi connectivity index (χ1n) is 2.69. The first-order valence-corrected chi connectivity index (χ1v) is 2.69. The molecule has 0 aliphatic carbocycles. The van der Waals surface area contributed by atoms with E-state index in [0.717, 1.165) is 0 Å². The Labute approximate surface area is 57.6 Å². The highest BCUT2D eigenvalue weighted by Gasteiger charge is 2.00. The fraction of sp³-hybridized carbons (Fsp3) is 0. The van der Waals surface area contributed by atoms with Crippen LogP contribution in [-0.2, 0) is 0 Å². The maximum atomic E-state index is 8.25. The van der Waals surface area contributed by atoms with E-state index in [2.05, 4.69) is 10.1 Å². The second-order valence-corrected chi connectivity index (χ2v) is 1.73. The molecule has 4 nitrogen and oxygen atoms in total. The lowest BCUT2D eigenvalue weighted by molar-refractivity contribution is 1.15. The highest BCUT2D eigenvalue weighted by atomic mass is 15.0. The Balaban J connectivity index is 3.04. The summed E-state index contributed by atoms with van der Waals surface area (Å²) < 4.78 is 0. The quantitative estimate of drug-likeness (QED) is 0.464. The normalized spacial score (nSPS) is 8.30. The summed E-state index contributed by atoms with van der Waals surface area (Å²) in [7, 11) is 0. The molecule has 0 saturated carbocycles. The summed E-state index contributed by atoms with van der Waals surface area (Å²) >= 11 is 0. The van der Waals surface area contributed by atoms with Crippen LogP contribution in [0.15, 0.2) is 29.4 Å². The van der Waals surface area contributed by atoms with E-state index >= 15 is 0 Å². The van der Waals surface area contributed by atoms with Crippen molar-refractivity contribution in [3.63, 3.8) is 0 Å². The summed E-state index contributed by atoms with van der Waals surface area (Å²) in [5.41, 5.74) is 7.62. The van der Waals surface area contributed by atoms with Crippen LogP contribution >= 0.6 is 0 Å². The van der Waals surface area contributed by atoms with Gasteiger partial charge in [0.1, 0.15) is 0 Å². The molecule has 0 radical (unpaired) electrons. The SMILES string of the molecule is N#[N+]c1ccc(N=N)cc1. The highest BCUT2D eigenvalue weighted by molar-refractivity contribution is 5.50. The number of rotatable bonds is 1. The van der Waals surface area contributed by atoms with Gasteiger partial charge in [-0.3, -0.25) is 0 Å². The zero-order valence-corrected chi connectivity index (χ0v) is 5.15. The molecule has 0 saturated heterocycles. The van der Waals surface area contributed by atoms with Crippen LogP contribution in [0.4, 0.5) is 11.4 Å². The van der Waals surface area contributed by atoms with E-state index in [4.69, 9.17) is 10.9 Å². The van der Waals surface area contributed by atoms with Gasteiger partial charge in [-0.05, 0) is 12.1 Å². The van der Waals surface area contributed by atoms with Gasteiger partial charge in [-0.15, -0.1) is 0 Å². The average Bonchev–Trinajstić information content (AvgIpc) is 2.05. The fourth-order valence-corrected chi connectivity index (χ4v) is 0.594. The van der Waals surface area contributed by atoms with Crippen molar-refractivity contribution in [3.8, 4) is 0 Å². The molecule has 1 N–H and O–H groups in total. The molecule has 0 heterocycles. The molecule has 0 fully saturated rings. The van der Waals surface area contributed by atoms with Gasteiger partial charge >= 0.3 is 5.69 Å². The van der Waals surface area contributed by atoms with E-state index in [9.17, 15) is 0 Å². The lowest BCUT2D eigenvalue weighted by Crippen LogP contribution is -1.60. The lowest BCUT2D eigenvalue weighted by Gasteiger charge is -1.81. The first kappa shape index (κ1) is 6.36. The molecule has 0 aromatic heterocycles. The number of nitrogens with one attached hydrogen (secondary N) is 1. The van der Waals surface area contributed by atoms with E-state index < -0.39 is 0 Å². The molecule has 1 aromatic carbocycles. The maximum absolute atomic E-state index is 8.25. The number of hydrogen-bond donors (Lipinski definition) is 1. The van der Waals surface area contributed by atoms with Crippen molar-refractivity contribution < 1.29 is 0 Å². The third-order valence-electron chi connectivity index (χ3n) is 1.09. The molecule has 0 spiro atoms. The van der Waals surface area contributed by atoms with Gasteiger partial charge in [0, 0.05) is 12.1 Å². The number of nitrogens with zero attached hydrogens (tertiary/aromatic N) is 3. The van der Waals surface area contributed by atoms with Crippen LogP contribution in [0, 0.1) is 10.9 Å². The second kappa shape index (κ2) is 2.69. The van der Waals surface area contributed by atoms with Gasteiger partial charge < -0.3 is 0 Å². The van der Waals surface area contributed by atoms with Crippen molar-refractivity contribution in [2.75, 3.05) is 0 Å². The average molecular weight is 133 g/mol. The molecule has 0 aliphatic heterocycles. The van der Waals surface area contributed by atoms with Crippen molar-refractivity contribution in [1.82, 2.24) is 0 Å². The molecule has 10 heavy (non-hydrogen) atoms. The lowest BCUT2D eigenvalue weighted by atomic mass is 10.3. The Kier molecular flexibility index (Phi) is 1.71. The van der Waals surface area contributed by atoms with Crippen LogP contribution < -0.4 is 0 Å². The Morgan fingerprint density at radius 2 is 1.90 bits per heavy atom. The molecular formula is C6H5N4+. The molecule has 0 bridgehead atoms. The van der Waals surface area contributed by atoms with Crippen molar-refractivity contribution in [2.24, 2.45) is 5.11 Å². The summed E-state index contributed by atoms with van der Waals surface area (Å²) in [6.45, 7) is 0. The van der Waals surface area contributed by atoms with Gasteiger partial charge in [-0.1, -0.05) is 0 Å². The predicted molar refractivity (Wildman–Crippen MR) is 36.0 cm³/mol. The minimum Gasteiger partial charge on any atom is -0.204 e. The Morgan fingerprint density at radius 3 is 2.30 bits per heavy atom. The molecule has 0 unspecified atom stereocenters.